The fourth-order valence-corrected chi connectivity index (χ4v) is 3.74. The van der Waals surface area contributed by atoms with E-state index in [1.54, 1.807) is 29.3 Å². The van der Waals surface area contributed by atoms with Crippen LogP contribution in [-0.2, 0) is 17.8 Å². The molecule has 0 saturated carbocycles. The van der Waals surface area contributed by atoms with Crippen molar-refractivity contribution in [3.05, 3.63) is 89.5 Å². The van der Waals surface area contributed by atoms with Crippen molar-refractivity contribution in [1.82, 2.24) is 19.4 Å². The molecule has 3 aromatic rings. The van der Waals surface area contributed by atoms with Crippen molar-refractivity contribution in [2.75, 3.05) is 39.4 Å². The summed E-state index contributed by atoms with van der Waals surface area (Å²) in [4.78, 5) is 21.6. The molecular formula is C24H26F2N4O2. The SMILES string of the molecule is O=C(c1cccc(F)c1)N(CCN1CCOCC1)Cc1nccn1Cc1ccc(F)cc1. The number of hydrogen-bond donors (Lipinski definition) is 0. The van der Waals surface area contributed by atoms with E-state index in [9.17, 15) is 13.6 Å². The fourth-order valence-electron chi connectivity index (χ4n) is 3.74. The Kier molecular flexibility index (Phi) is 7.24. The van der Waals surface area contributed by atoms with Crippen molar-refractivity contribution in [1.29, 1.82) is 0 Å². The molecule has 0 atom stereocenters. The molecule has 0 N–H and O–H groups in total. The first-order chi connectivity index (χ1) is 15.6. The van der Waals surface area contributed by atoms with Gasteiger partial charge in [0.1, 0.15) is 17.5 Å². The van der Waals surface area contributed by atoms with Gasteiger partial charge in [-0.05, 0) is 35.9 Å². The van der Waals surface area contributed by atoms with Gasteiger partial charge in [0, 0.05) is 50.7 Å². The molecule has 1 aliphatic heterocycles. The zero-order valence-electron chi connectivity index (χ0n) is 17.8. The Balaban J connectivity index is 1.51. The van der Waals surface area contributed by atoms with E-state index in [0.29, 0.717) is 44.2 Å². The molecule has 0 aliphatic carbocycles. The summed E-state index contributed by atoms with van der Waals surface area (Å²) >= 11 is 0. The third-order valence-electron chi connectivity index (χ3n) is 5.55. The van der Waals surface area contributed by atoms with Crippen molar-refractivity contribution < 1.29 is 18.3 Å². The van der Waals surface area contributed by atoms with E-state index in [4.69, 9.17) is 4.74 Å². The second-order valence-electron chi connectivity index (χ2n) is 7.79. The van der Waals surface area contributed by atoms with Crippen LogP contribution >= 0.6 is 0 Å². The van der Waals surface area contributed by atoms with E-state index < -0.39 is 5.82 Å². The molecule has 168 valence electrons. The van der Waals surface area contributed by atoms with Crippen LogP contribution in [0, 0.1) is 11.6 Å². The van der Waals surface area contributed by atoms with Gasteiger partial charge in [0.15, 0.2) is 0 Å². The number of halogens is 2. The molecule has 1 amide bonds. The molecule has 2 aromatic carbocycles. The average Bonchev–Trinajstić information content (AvgIpc) is 3.25. The number of nitrogens with zero attached hydrogens (tertiary/aromatic N) is 4. The van der Waals surface area contributed by atoms with Crippen LogP contribution in [0.25, 0.3) is 0 Å². The van der Waals surface area contributed by atoms with Gasteiger partial charge in [-0.25, -0.2) is 13.8 Å². The highest BCUT2D eigenvalue weighted by atomic mass is 19.1. The summed E-state index contributed by atoms with van der Waals surface area (Å²) < 4.78 is 34.3. The van der Waals surface area contributed by atoms with Gasteiger partial charge in [0.05, 0.1) is 19.8 Å². The van der Waals surface area contributed by atoms with Gasteiger partial charge in [-0.2, -0.15) is 0 Å². The smallest absolute Gasteiger partial charge is 0.254 e. The lowest BCUT2D eigenvalue weighted by Crippen LogP contribution is -2.43. The summed E-state index contributed by atoms with van der Waals surface area (Å²) in [5.41, 5.74) is 1.24. The van der Waals surface area contributed by atoms with Crippen LogP contribution in [0.15, 0.2) is 60.9 Å². The molecule has 1 fully saturated rings. The average molecular weight is 440 g/mol. The second-order valence-corrected chi connectivity index (χ2v) is 7.79. The van der Waals surface area contributed by atoms with Crippen LogP contribution in [0.2, 0.25) is 0 Å². The van der Waals surface area contributed by atoms with Gasteiger partial charge < -0.3 is 14.2 Å². The third kappa shape index (κ3) is 5.77. The van der Waals surface area contributed by atoms with E-state index in [-0.39, 0.29) is 18.3 Å². The molecule has 0 bridgehead atoms. The lowest BCUT2D eigenvalue weighted by Gasteiger charge is -2.30. The summed E-state index contributed by atoms with van der Waals surface area (Å²) in [5, 5.41) is 0. The minimum absolute atomic E-state index is 0.242. The molecule has 2 heterocycles. The van der Waals surface area contributed by atoms with Crippen LogP contribution in [-0.4, -0.2) is 64.7 Å². The van der Waals surface area contributed by atoms with Crippen molar-refractivity contribution in [2.24, 2.45) is 0 Å². The zero-order chi connectivity index (χ0) is 22.3. The van der Waals surface area contributed by atoms with Crippen LogP contribution < -0.4 is 0 Å². The van der Waals surface area contributed by atoms with E-state index in [0.717, 1.165) is 18.7 Å². The fraction of sp³-hybridized carbons (Fsp3) is 0.333. The van der Waals surface area contributed by atoms with Gasteiger partial charge in [-0.3, -0.25) is 9.69 Å². The maximum Gasteiger partial charge on any atom is 0.254 e. The van der Waals surface area contributed by atoms with Crippen LogP contribution in [0.1, 0.15) is 21.7 Å². The number of carbonyl (C=O) groups excluding carboxylic acids is 1. The molecule has 1 saturated heterocycles. The molecule has 8 heteroatoms. The Bertz CT molecular complexity index is 1030. The van der Waals surface area contributed by atoms with E-state index in [1.807, 2.05) is 10.8 Å². The van der Waals surface area contributed by atoms with Gasteiger partial charge in [0.2, 0.25) is 0 Å². The van der Waals surface area contributed by atoms with Crippen LogP contribution in [0.5, 0.6) is 0 Å². The number of aromatic nitrogens is 2. The summed E-state index contributed by atoms with van der Waals surface area (Å²) in [7, 11) is 0. The third-order valence-corrected chi connectivity index (χ3v) is 5.55. The second kappa shape index (κ2) is 10.5. The van der Waals surface area contributed by atoms with Crippen molar-refractivity contribution in [3.8, 4) is 0 Å². The number of imidazole rings is 1. The van der Waals surface area contributed by atoms with E-state index in [1.165, 1.54) is 30.3 Å². The van der Waals surface area contributed by atoms with Crippen molar-refractivity contribution in [3.63, 3.8) is 0 Å². The standard InChI is InChI=1S/C24H26F2N4O2/c25-21-6-4-19(5-7-21)17-29-9-8-27-23(29)18-30(11-10-28-12-14-32-15-13-28)24(31)20-2-1-3-22(26)16-20/h1-9,16H,10-15,17-18H2. The first kappa shape index (κ1) is 22.1. The molecule has 1 aromatic heterocycles. The Hall–Kier alpha value is -3.10. The molecule has 32 heavy (non-hydrogen) atoms. The maximum atomic E-state index is 13.7. The molecular weight excluding hydrogens is 414 g/mol. The first-order valence-electron chi connectivity index (χ1n) is 10.7. The van der Waals surface area contributed by atoms with Gasteiger partial charge >= 0.3 is 0 Å². The van der Waals surface area contributed by atoms with Crippen LogP contribution in [0.4, 0.5) is 8.78 Å². The quantitative estimate of drug-likeness (QED) is 0.540. The Morgan fingerprint density at radius 1 is 1.06 bits per heavy atom. The number of amides is 1. The minimum Gasteiger partial charge on any atom is -0.379 e. The highest BCUT2D eigenvalue weighted by Gasteiger charge is 2.21. The summed E-state index contributed by atoms with van der Waals surface area (Å²) in [5.74, 6) is -0.258. The molecule has 4 rings (SSSR count). The number of benzene rings is 2. The zero-order valence-corrected chi connectivity index (χ0v) is 17.8. The van der Waals surface area contributed by atoms with E-state index >= 15 is 0 Å². The molecule has 0 radical (unpaired) electrons. The maximum absolute atomic E-state index is 13.7. The molecule has 1 aliphatic rings. The van der Waals surface area contributed by atoms with Gasteiger partial charge in [-0.1, -0.05) is 18.2 Å². The predicted octanol–water partition coefficient (Wildman–Crippen LogP) is 3.18. The molecule has 6 nitrogen and oxygen atoms in total. The number of ether oxygens (including phenoxy) is 1. The number of morpholine rings is 1. The van der Waals surface area contributed by atoms with Gasteiger partial charge in [-0.15, -0.1) is 0 Å². The Morgan fingerprint density at radius 3 is 2.59 bits per heavy atom. The minimum atomic E-state index is -0.443. The first-order valence-corrected chi connectivity index (χ1v) is 10.7. The Labute approximate surface area is 186 Å². The summed E-state index contributed by atoms with van der Waals surface area (Å²) in [6, 6.07) is 12.1. The van der Waals surface area contributed by atoms with E-state index in [2.05, 4.69) is 9.88 Å². The lowest BCUT2D eigenvalue weighted by molar-refractivity contribution is 0.0318. The highest BCUT2D eigenvalue weighted by Crippen LogP contribution is 2.13. The van der Waals surface area contributed by atoms with Crippen LogP contribution in [0.3, 0.4) is 0 Å². The van der Waals surface area contributed by atoms with Crippen molar-refractivity contribution >= 4 is 5.91 Å². The summed E-state index contributed by atoms with van der Waals surface area (Å²) in [6.45, 7) is 4.99. The van der Waals surface area contributed by atoms with Crippen molar-refractivity contribution in [2.45, 2.75) is 13.1 Å². The lowest BCUT2D eigenvalue weighted by atomic mass is 10.2. The van der Waals surface area contributed by atoms with Gasteiger partial charge in [0.25, 0.3) is 5.91 Å². The normalized spacial score (nSPS) is 14.4. The number of carbonyl (C=O) groups is 1. The number of rotatable bonds is 8. The summed E-state index contributed by atoms with van der Waals surface area (Å²) in [6.07, 6.45) is 3.52. The number of hydrogen-bond acceptors (Lipinski definition) is 4. The predicted molar refractivity (Wildman–Crippen MR) is 116 cm³/mol. The Morgan fingerprint density at radius 2 is 1.84 bits per heavy atom. The molecule has 0 unspecified atom stereocenters. The largest absolute Gasteiger partial charge is 0.379 e. The highest BCUT2D eigenvalue weighted by molar-refractivity contribution is 5.94. The topological polar surface area (TPSA) is 50.6 Å². The molecule has 0 spiro atoms. The monoisotopic (exact) mass is 440 g/mol.